The van der Waals surface area contributed by atoms with Gasteiger partial charge in [-0.3, -0.25) is 4.79 Å². The summed E-state index contributed by atoms with van der Waals surface area (Å²) in [6.45, 7) is 4.48. The Labute approximate surface area is 118 Å². The maximum Gasteiger partial charge on any atom is 0.257 e. The number of nitrogens with zero attached hydrogens (tertiary/aromatic N) is 1. The van der Waals surface area contributed by atoms with Gasteiger partial charge in [-0.2, -0.15) is 0 Å². The summed E-state index contributed by atoms with van der Waals surface area (Å²) >= 11 is 0. The zero-order valence-electron chi connectivity index (χ0n) is 11.7. The summed E-state index contributed by atoms with van der Waals surface area (Å²) in [4.78, 5) is 14.5. The third kappa shape index (κ3) is 2.45. The highest BCUT2D eigenvalue weighted by Crippen LogP contribution is 2.34. The first-order valence-corrected chi connectivity index (χ1v) is 7.08. The predicted molar refractivity (Wildman–Crippen MR) is 75.1 cm³/mol. The lowest BCUT2D eigenvalue weighted by Gasteiger charge is -2.35. The first-order chi connectivity index (χ1) is 9.65. The van der Waals surface area contributed by atoms with E-state index in [9.17, 15) is 4.79 Å². The van der Waals surface area contributed by atoms with E-state index in [0.717, 1.165) is 13.0 Å². The minimum absolute atomic E-state index is 0.0191. The Hall–Kier alpha value is -1.75. The molecular weight excluding hydrogens is 256 g/mol. The van der Waals surface area contributed by atoms with Crippen LogP contribution in [-0.2, 0) is 0 Å². The Morgan fingerprint density at radius 3 is 2.90 bits per heavy atom. The Morgan fingerprint density at radius 2 is 2.10 bits per heavy atom. The van der Waals surface area contributed by atoms with Crippen molar-refractivity contribution in [2.45, 2.75) is 19.4 Å². The molecule has 2 unspecified atom stereocenters. The number of rotatable bonds is 1. The number of fused-ring (bicyclic) bond motifs is 1. The quantitative estimate of drug-likeness (QED) is 0.839. The van der Waals surface area contributed by atoms with Gasteiger partial charge in [-0.15, -0.1) is 0 Å². The molecule has 1 amide bonds. The molecule has 2 atom stereocenters. The highest BCUT2D eigenvalue weighted by molar-refractivity contribution is 5.98. The van der Waals surface area contributed by atoms with Crippen molar-refractivity contribution < 1.29 is 14.3 Å². The Bertz CT molecular complexity index is 508. The molecule has 1 aromatic carbocycles. The van der Waals surface area contributed by atoms with Crippen molar-refractivity contribution in [3.05, 3.63) is 23.8 Å². The van der Waals surface area contributed by atoms with Crippen molar-refractivity contribution in [2.75, 3.05) is 26.3 Å². The number of benzene rings is 1. The average Bonchev–Trinajstić information content (AvgIpc) is 2.45. The molecule has 20 heavy (non-hydrogen) atoms. The molecule has 5 nitrogen and oxygen atoms in total. The van der Waals surface area contributed by atoms with Crippen LogP contribution >= 0.6 is 0 Å². The summed E-state index contributed by atoms with van der Waals surface area (Å²) in [5.74, 6) is 1.63. The monoisotopic (exact) mass is 276 g/mol. The van der Waals surface area contributed by atoms with Crippen molar-refractivity contribution >= 4 is 5.91 Å². The van der Waals surface area contributed by atoms with E-state index >= 15 is 0 Å². The molecule has 0 aromatic heterocycles. The van der Waals surface area contributed by atoms with Gasteiger partial charge in [0, 0.05) is 19.1 Å². The number of carbonyl (C=O) groups is 1. The molecule has 1 fully saturated rings. The van der Waals surface area contributed by atoms with Gasteiger partial charge >= 0.3 is 0 Å². The van der Waals surface area contributed by atoms with Gasteiger partial charge in [0.2, 0.25) is 0 Å². The maximum atomic E-state index is 12.7. The van der Waals surface area contributed by atoms with Crippen molar-refractivity contribution in [1.29, 1.82) is 0 Å². The van der Waals surface area contributed by atoms with Crippen LogP contribution in [0.4, 0.5) is 0 Å². The molecule has 2 N–H and O–H groups in total. The zero-order chi connectivity index (χ0) is 14.1. The van der Waals surface area contributed by atoms with Gasteiger partial charge in [-0.25, -0.2) is 0 Å². The van der Waals surface area contributed by atoms with Crippen LogP contribution in [0.25, 0.3) is 0 Å². The number of amides is 1. The van der Waals surface area contributed by atoms with Crippen LogP contribution in [0, 0.1) is 5.92 Å². The molecule has 1 saturated heterocycles. The number of piperidine rings is 1. The smallest absolute Gasteiger partial charge is 0.257 e. The molecule has 0 bridgehead atoms. The SMILES string of the molecule is CC1CC(N)CN(C(=O)c2cccc3c2OCCO3)C1. The average molecular weight is 276 g/mol. The normalized spacial score (nSPS) is 25.4. The third-order valence-corrected chi connectivity index (χ3v) is 3.78. The fraction of sp³-hybridized carbons (Fsp3) is 0.533. The van der Waals surface area contributed by atoms with Crippen LogP contribution in [0.3, 0.4) is 0 Å². The maximum absolute atomic E-state index is 12.7. The number of nitrogens with two attached hydrogens (primary N) is 1. The predicted octanol–water partition coefficient (Wildman–Crippen LogP) is 1.27. The minimum Gasteiger partial charge on any atom is -0.486 e. The van der Waals surface area contributed by atoms with E-state index in [1.807, 2.05) is 17.0 Å². The topological polar surface area (TPSA) is 64.8 Å². The number of likely N-dealkylation sites (tertiary alicyclic amines) is 1. The van der Waals surface area contributed by atoms with E-state index in [1.54, 1.807) is 6.07 Å². The van der Waals surface area contributed by atoms with Crippen LogP contribution < -0.4 is 15.2 Å². The Morgan fingerprint density at radius 1 is 1.30 bits per heavy atom. The molecule has 108 valence electrons. The summed E-state index contributed by atoms with van der Waals surface area (Å²) in [5.41, 5.74) is 6.59. The highest BCUT2D eigenvalue weighted by Gasteiger charge is 2.29. The highest BCUT2D eigenvalue weighted by atomic mass is 16.6. The summed E-state index contributed by atoms with van der Waals surface area (Å²) < 4.78 is 11.1. The number of ether oxygens (including phenoxy) is 2. The van der Waals surface area contributed by atoms with Gasteiger partial charge in [0.1, 0.15) is 13.2 Å². The lowest BCUT2D eigenvalue weighted by Crippen LogP contribution is -2.48. The standard InChI is InChI=1S/C15H20N2O3/c1-10-7-11(16)9-17(8-10)15(18)12-3-2-4-13-14(12)20-6-5-19-13/h2-4,10-11H,5-9,16H2,1H3. The van der Waals surface area contributed by atoms with Crippen molar-refractivity contribution in [3.63, 3.8) is 0 Å². The molecule has 3 rings (SSSR count). The first-order valence-electron chi connectivity index (χ1n) is 7.08. The van der Waals surface area contributed by atoms with E-state index in [-0.39, 0.29) is 11.9 Å². The fourth-order valence-corrected chi connectivity index (χ4v) is 2.98. The molecule has 2 aliphatic heterocycles. The molecular formula is C15H20N2O3. The van der Waals surface area contributed by atoms with Crippen LogP contribution in [0.15, 0.2) is 18.2 Å². The Kier molecular flexibility index (Phi) is 3.53. The van der Waals surface area contributed by atoms with Crippen LogP contribution in [0.5, 0.6) is 11.5 Å². The largest absolute Gasteiger partial charge is 0.486 e. The second kappa shape index (κ2) is 5.32. The summed E-state index contributed by atoms with van der Waals surface area (Å²) in [6.07, 6.45) is 0.969. The molecule has 0 spiro atoms. The number of hydrogen-bond donors (Lipinski definition) is 1. The van der Waals surface area contributed by atoms with Crippen LogP contribution in [0.2, 0.25) is 0 Å². The van der Waals surface area contributed by atoms with E-state index < -0.39 is 0 Å². The molecule has 2 aliphatic rings. The molecule has 5 heteroatoms. The first kappa shape index (κ1) is 13.2. The van der Waals surface area contributed by atoms with Gasteiger partial charge in [0.05, 0.1) is 5.56 Å². The van der Waals surface area contributed by atoms with Gasteiger partial charge in [0.15, 0.2) is 11.5 Å². The second-order valence-corrected chi connectivity index (χ2v) is 5.64. The lowest BCUT2D eigenvalue weighted by atomic mass is 9.96. The van der Waals surface area contributed by atoms with E-state index in [1.165, 1.54) is 0 Å². The third-order valence-electron chi connectivity index (χ3n) is 3.78. The minimum atomic E-state index is -0.0191. The molecule has 0 radical (unpaired) electrons. The van der Waals surface area contributed by atoms with E-state index in [2.05, 4.69) is 6.92 Å². The van der Waals surface area contributed by atoms with Gasteiger partial charge in [-0.1, -0.05) is 13.0 Å². The van der Waals surface area contributed by atoms with Crippen molar-refractivity contribution in [2.24, 2.45) is 11.7 Å². The van der Waals surface area contributed by atoms with Crippen LogP contribution in [-0.4, -0.2) is 43.2 Å². The molecule has 0 aliphatic carbocycles. The number of para-hydroxylation sites is 1. The zero-order valence-corrected chi connectivity index (χ0v) is 11.7. The molecule has 2 heterocycles. The van der Waals surface area contributed by atoms with Crippen molar-refractivity contribution in [3.8, 4) is 11.5 Å². The number of hydrogen-bond acceptors (Lipinski definition) is 4. The van der Waals surface area contributed by atoms with E-state index in [4.69, 9.17) is 15.2 Å². The van der Waals surface area contributed by atoms with Gasteiger partial charge in [-0.05, 0) is 24.5 Å². The molecule has 0 saturated carbocycles. The lowest BCUT2D eigenvalue weighted by molar-refractivity contribution is 0.0651. The van der Waals surface area contributed by atoms with Gasteiger partial charge < -0.3 is 20.1 Å². The summed E-state index contributed by atoms with van der Waals surface area (Å²) in [6, 6.07) is 5.50. The van der Waals surface area contributed by atoms with Crippen LogP contribution in [0.1, 0.15) is 23.7 Å². The summed E-state index contributed by atoms with van der Waals surface area (Å²) in [5, 5.41) is 0. The second-order valence-electron chi connectivity index (χ2n) is 5.64. The number of carbonyl (C=O) groups excluding carboxylic acids is 1. The fourth-order valence-electron chi connectivity index (χ4n) is 2.98. The summed E-state index contributed by atoms with van der Waals surface area (Å²) in [7, 11) is 0. The van der Waals surface area contributed by atoms with E-state index in [0.29, 0.717) is 42.7 Å². The van der Waals surface area contributed by atoms with Crippen molar-refractivity contribution in [1.82, 2.24) is 4.90 Å². The molecule has 1 aromatic rings. The van der Waals surface area contributed by atoms with Gasteiger partial charge in [0.25, 0.3) is 5.91 Å². The Balaban J connectivity index is 1.87.